The molecule has 0 aliphatic heterocycles. The molecule has 0 aliphatic carbocycles. The molecule has 0 spiro atoms. The molecule has 0 saturated heterocycles. The van der Waals surface area contributed by atoms with Crippen LogP contribution in [-0.2, 0) is 6.61 Å². The van der Waals surface area contributed by atoms with Gasteiger partial charge in [0.05, 0.1) is 17.5 Å². The fourth-order valence-electron chi connectivity index (χ4n) is 2.85. The highest BCUT2D eigenvalue weighted by atomic mass is 16.5. The molecule has 7 nitrogen and oxygen atoms in total. The Hall–Kier alpha value is -3.87. The van der Waals surface area contributed by atoms with Crippen molar-refractivity contribution in [3.8, 4) is 17.1 Å². The lowest BCUT2D eigenvalue weighted by Gasteiger charge is -2.08. The van der Waals surface area contributed by atoms with Crippen LogP contribution >= 0.6 is 0 Å². The number of benzene rings is 2. The molecule has 1 amide bonds. The quantitative estimate of drug-likeness (QED) is 0.510. The first-order chi connectivity index (χ1) is 14.1. The molecule has 29 heavy (non-hydrogen) atoms. The number of carbonyl (C=O) groups is 1. The minimum atomic E-state index is -0.199. The molecule has 4 aromatic rings. The Labute approximate surface area is 167 Å². The van der Waals surface area contributed by atoms with E-state index in [1.54, 1.807) is 36.5 Å². The first-order valence-electron chi connectivity index (χ1n) is 9.07. The molecular formula is C22H19N3O4. The van der Waals surface area contributed by atoms with E-state index < -0.39 is 0 Å². The second kappa shape index (κ2) is 8.02. The minimum Gasteiger partial charge on any atom is -0.489 e. The molecule has 0 saturated carbocycles. The lowest BCUT2D eigenvalue weighted by molar-refractivity contribution is 0.102. The molecule has 0 unspecified atom stereocenters. The molecule has 2 heterocycles. The van der Waals surface area contributed by atoms with E-state index in [2.05, 4.69) is 15.6 Å². The van der Waals surface area contributed by atoms with Gasteiger partial charge in [-0.2, -0.15) is 0 Å². The fourth-order valence-corrected chi connectivity index (χ4v) is 2.85. The number of aryl methyl sites for hydroxylation is 2. The third-order valence-electron chi connectivity index (χ3n) is 4.55. The summed E-state index contributed by atoms with van der Waals surface area (Å²) in [6.45, 7) is 4.09. The van der Waals surface area contributed by atoms with E-state index in [4.69, 9.17) is 13.8 Å². The van der Waals surface area contributed by atoms with E-state index in [0.29, 0.717) is 29.4 Å². The van der Waals surface area contributed by atoms with E-state index in [1.807, 2.05) is 38.1 Å². The van der Waals surface area contributed by atoms with Gasteiger partial charge in [0, 0.05) is 22.9 Å². The Kier molecular flexibility index (Phi) is 5.11. The SMILES string of the molecule is Cc1noc(C)c1COc1ccc(C(=O)Nc2ccc(-c3ccno3)cc2)cc1. The van der Waals surface area contributed by atoms with Crippen LogP contribution in [0.3, 0.4) is 0 Å². The molecule has 2 aromatic carbocycles. The lowest BCUT2D eigenvalue weighted by Crippen LogP contribution is -2.11. The van der Waals surface area contributed by atoms with Crippen LogP contribution in [0.4, 0.5) is 5.69 Å². The number of rotatable bonds is 6. The summed E-state index contributed by atoms with van der Waals surface area (Å²) in [6.07, 6.45) is 1.59. The highest BCUT2D eigenvalue weighted by molar-refractivity contribution is 6.04. The molecule has 0 atom stereocenters. The van der Waals surface area contributed by atoms with Crippen molar-refractivity contribution >= 4 is 11.6 Å². The molecular weight excluding hydrogens is 370 g/mol. The number of amides is 1. The van der Waals surface area contributed by atoms with Crippen LogP contribution in [-0.4, -0.2) is 16.2 Å². The Balaban J connectivity index is 1.36. The topological polar surface area (TPSA) is 90.4 Å². The average Bonchev–Trinajstić information content (AvgIpc) is 3.38. The van der Waals surface area contributed by atoms with Crippen LogP contribution in [0.15, 0.2) is 69.8 Å². The maximum atomic E-state index is 12.5. The van der Waals surface area contributed by atoms with Gasteiger partial charge in [0.15, 0.2) is 5.76 Å². The van der Waals surface area contributed by atoms with Gasteiger partial charge in [-0.05, 0) is 62.4 Å². The Morgan fingerprint density at radius 1 is 1.00 bits per heavy atom. The zero-order valence-electron chi connectivity index (χ0n) is 16.0. The summed E-state index contributed by atoms with van der Waals surface area (Å²) in [7, 11) is 0. The van der Waals surface area contributed by atoms with Crippen molar-refractivity contribution in [2.24, 2.45) is 0 Å². The molecule has 0 fully saturated rings. The number of ether oxygens (including phenoxy) is 1. The first-order valence-corrected chi connectivity index (χ1v) is 9.07. The Morgan fingerprint density at radius 3 is 2.38 bits per heavy atom. The second-order valence-corrected chi connectivity index (χ2v) is 6.52. The maximum absolute atomic E-state index is 12.5. The maximum Gasteiger partial charge on any atom is 0.255 e. The smallest absolute Gasteiger partial charge is 0.255 e. The predicted octanol–water partition coefficient (Wildman–Crippen LogP) is 4.78. The Morgan fingerprint density at radius 2 is 1.76 bits per heavy atom. The van der Waals surface area contributed by atoms with Gasteiger partial charge in [0.25, 0.3) is 5.91 Å². The van der Waals surface area contributed by atoms with Crippen LogP contribution in [0.5, 0.6) is 5.75 Å². The fraction of sp³-hybridized carbons (Fsp3) is 0.136. The third-order valence-corrected chi connectivity index (χ3v) is 4.55. The molecule has 146 valence electrons. The molecule has 4 rings (SSSR count). The highest BCUT2D eigenvalue weighted by Gasteiger charge is 2.11. The molecule has 0 aliphatic rings. The summed E-state index contributed by atoms with van der Waals surface area (Å²) in [6, 6.07) is 16.1. The normalized spacial score (nSPS) is 10.7. The van der Waals surface area contributed by atoms with Gasteiger partial charge in [-0.15, -0.1) is 0 Å². The van der Waals surface area contributed by atoms with Gasteiger partial charge in [0.2, 0.25) is 0 Å². The van der Waals surface area contributed by atoms with Crippen LogP contribution in [0.1, 0.15) is 27.4 Å². The van der Waals surface area contributed by atoms with Crippen molar-refractivity contribution < 1.29 is 18.6 Å². The lowest BCUT2D eigenvalue weighted by atomic mass is 10.1. The molecule has 2 aromatic heterocycles. The van der Waals surface area contributed by atoms with Crippen molar-refractivity contribution in [1.82, 2.24) is 10.3 Å². The summed E-state index contributed by atoms with van der Waals surface area (Å²) in [5.74, 6) is 1.88. The predicted molar refractivity (Wildman–Crippen MR) is 107 cm³/mol. The van der Waals surface area contributed by atoms with E-state index in [-0.39, 0.29) is 5.91 Å². The van der Waals surface area contributed by atoms with Gasteiger partial charge in [-0.3, -0.25) is 4.79 Å². The number of hydrogen-bond acceptors (Lipinski definition) is 6. The van der Waals surface area contributed by atoms with Gasteiger partial charge in [-0.25, -0.2) is 0 Å². The molecule has 7 heteroatoms. The monoisotopic (exact) mass is 389 g/mol. The summed E-state index contributed by atoms with van der Waals surface area (Å²) >= 11 is 0. The van der Waals surface area contributed by atoms with Crippen LogP contribution in [0, 0.1) is 13.8 Å². The molecule has 0 bridgehead atoms. The Bertz CT molecular complexity index is 1080. The van der Waals surface area contributed by atoms with Crippen molar-refractivity contribution in [2.45, 2.75) is 20.5 Å². The van der Waals surface area contributed by atoms with Gasteiger partial charge < -0.3 is 19.1 Å². The largest absolute Gasteiger partial charge is 0.489 e. The first kappa shape index (κ1) is 18.5. The number of aromatic nitrogens is 2. The summed E-state index contributed by atoms with van der Waals surface area (Å²) in [5, 5.41) is 10.5. The standard InChI is InChI=1S/C22H19N3O4/c1-14-20(15(2)28-25-14)13-27-19-9-5-17(6-10-19)22(26)24-18-7-3-16(4-8-18)21-11-12-23-29-21/h3-12H,13H2,1-2H3,(H,24,26). The highest BCUT2D eigenvalue weighted by Crippen LogP contribution is 2.22. The van der Waals surface area contributed by atoms with E-state index in [1.165, 1.54) is 0 Å². The van der Waals surface area contributed by atoms with Gasteiger partial charge in [0.1, 0.15) is 18.1 Å². The number of anilines is 1. The van der Waals surface area contributed by atoms with Crippen molar-refractivity contribution in [1.29, 1.82) is 0 Å². The van der Waals surface area contributed by atoms with Gasteiger partial charge >= 0.3 is 0 Å². The average molecular weight is 389 g/mol. The van der Waals surface area contributed by atoms with Gasteiger partial charge in [-0.1, -0.05) is 10.3 Å². The molecule has 1 N–H and O–H groups in total. The number of nitrogens with one attached hydrogen (secondary N) is 1. The summed E-state index contributed by atoms with van der Waals surface area (Å²) in [5.41, 5.74) is 3.86. The van der Waals surface area contributed by atoms with Crippen LogP contribution < -0.4 is 10.1 Å². The van der Waals surface area contributed by atoms with E-state index in [0.717, 1.165) is 22.6 Å². The van der Waals surface area contributed by atoms with Crippen molar-refractivity contribution in [2.75, 3.05) is 5.32 Å². The number of carbonyl (C=O) groups excluding carboxylic acids is 1. The number of nitrogens with zero attached hydrogens (tertiary/aromatic N) is 2. The zero-order valence-corrected chi connectivity index (χ0v) is 16.0. The van der Waals surface area contributed by atoms with E-state index in [9.17, 15) is 4.79 Å². The van der Waals surface area contributed by atoms with E-state index >= 15 is 0 Å². The minimum absolute atomic E-state index is 0.199. The van der Waals surface area contributed by atoms with Crippen LogP contribution in [0.25, 0.3) is 11.3 Å². The van der Waals surface area contributed by atoms with Crippen molar-refractivity contribution in [3.63, 3.8) is 0 Å². The molecule has 0 radical (unpaired) electrons. The third kappa shape index (κ3) is 4.19. The second-order valence-electron chi connectivity index (χ2n) is 6.52. The number of hydrogen-bond donors (Lipinski definition) is 1. The summed E-state index contributed by atoms with van der Waals surface area (Å²) in [4.78, 5) is 12.5. The van der Waals surface area contributed by atoms with Crippen LogP contribution in [0.2, 0.25) is 0 Å². The summed E-state index contributed by atoms with van der Waals surface area (Å²) < 4.78 is 16.0. The van der Waals surface area contributed by atoms with Crippen molar-refractivity contribution in [3.05, 3.63) is 83.4 Å². The zero-order chi connectivity index (χ0) is 20.2.